The highest BCUT2D eigenvalue weighted by Crippen LogP contribution is 2.30. The largest absolute Gasteiger partial charge is 0.318 e. The molecule has 0 aliphatic carbocycles. The molecule has 0 spiro atoms. The summed E-state index contributed by atoms with van der Waals surface area (Å²) in [6.45, 7) is 5.52. The van der Waals surface area contributed by atoms with Crippen LogP contribution in [-0.4, -0.2) is 31.7 Å². The van der Waals surface area contributed by atoms with E-state index in [1.54, 1.807) is 48.7 Å². The number of hydrogen-bond donors (Lipinski definition) is 1. The van der Waals surface area contributed by atoms with E-state index in [1.165, 1.54) is 12.1 Å². The van der Waals surface area contributed by atoms with Crippen molar-refractivity contribution in [2.75, 3.05) is 10.8 Å². The molecule has 0 saturated carbocycles. The second-order valence-electron chi connectivity index (χ2n) is 8.57. The predicted molar refractivity (Wildman–Crippen MR) is 148 cm³/mol. The van der Waals surface area contributed by atoms with Crippen LogP contribution in [0.4, 0.5) is 5.69 Å². The van der Waals surface area contributed by atoms with Gasteiger partial charge in [0.25, 0.3) is 15.9 Å². The average Bonchev–Trinajstić information content (AvgIpc) is 3.16. The number of hydrogen-bond acceptors (Lipinski definition) is 4. The van der Waals surface area contributed by atoms with Gasteiger partial charge in [0.1, 0.15) is 6.54 Å². The third-order valence-electron chi connectivity index (χ3n) is 5.86. The minimum atomic E-state index is -4.06. The van der Waals surface area contributed by atoms with Crippen LogP contribution in [0, 0.1) is 20.8 Å². The van der Waals surface area contributed by atoms with Crippen LogP contribution in [0.1, 0.15) is 22.5 Å². The van der Waals surface area contributed by atoms with Gasteiger partial charge in [-0.3, -0.25) is 9.10 Å². The van der Waals surface area contributed by atoms with Gasteiger partial charge in [0.05, 0.1) is 21.8 Å². The molecular weight excluding hydrogens is 508 g/mol. The van der Waals surface area contributed by atoms with Crippen molar-refractivity contribution in [2.45, 2.75) is 25.7 Å². The first-order chi connectivity index (χ1) is 17.7. The second-order valence-corrected chi connectivity index (χ2v) is 10.8. The zero-order chi connectivity index (χ0) is 26.6. The smallest absolute Gasteiger partial charge is 0.264 e. The van der Waals surface area contributed by atoms with Crippen LogP contribution in [0.2, 0.25) is 5.02 Å². The van der Waals surface area contributed by atoms with Crippen molar-refractivity contribution in [2.24, 2.45) is 5.10 Å². The monoisotopic (exact) mass is 534 g/mol. The van der Waals surface area contributed by atoms with Gasteiger partial charge in [0.15, 0.2) is 0 Å². The number of nitrogens with zero attached hydrogens (tertiary/aromatic N) is 3. The van der Waals surface area contributed by atoms with E-state index in [-0.39, 0.29) is 15.6 Å². The fourth-order valence-corrected chi connectivity index (χ4v) is 5.84. The van der Waals surface area contributed by atoms with E-state index in [2.05, 4.69) is 21.2 Å². The Balaban J connectivity index is 1.56. The molecule has 0 radical (unpaired) electrons. The molecule has 0 unspecified atom stereocenters. The van der Waals surface area contributed by atoms with Crippen LogP contribution in [0.3, 0.4) is 0 Å². The number of carbonyl (C=O) groups is 1. The highest BCUT2D eigenvalue weighted by molar-refractivity contribution is 7.92. The first-order valence-corrected chi connectivity index (χ1v) is 13.4. The van der Waals surface area contributed by atoms with Crippen molar-refractivity contribution in [1.82, 2.24) is 9.99 Å². The van der Waals surface area contributed by atoms with E-state index < -0.39 is 22.5 Å². The van der Waals surface area contributed by atoms with Crippen molar-refractivity contribution in [3.05, 3.63) is 112 Å². The molecule has 37 heavy (non-hydrogen) atoms. The number of benzene rings is 3. The van der Waals surface area contributed by atoms with Crippen LogP contribution in [0.25, 0.3) is 5.69 Å². The minimum absolute atomic E-state index is 0.0507. The number of aryl methyl sites for hydroxylation is 2. The summed E-state index contributed by atoms with van der Waals surface area (Å²) in [4.78, 5) is 12.9. The van der Waals surface area contributed by atoms with E-state index in [0.717, 1.165) is 32.5 Å². The Labute approximate surface area is 222 Å². The van der Waals surface area contributed by atoms with Crippen molar-refractivity contribution < 1.29 is 13.2 Å². The van der Waals surface area contributed by atoms with Crippen LogP contribution in [-0.2, 0) is 14.8 Å². The number of aromatic nitrogens is 1. The normalized spacial score (nSPS) is 11.6. The Morgan fingerprint density at radius 3 is 2.38 bits per heavy atom. The lowest BCUT2D eigenvalue weighted by Gasteiger charge is -2.24. The van der Waals surface area contributed by atoms with E-state index >= 15 is 0 Å². The molecule has 0 aliphatic rings. The Morgan fingerprint density at radius 1 is 0.973 bits per heavy atom. The first-order valence-electron chi connectivity index (χ1n) is 11.6. The molecule has 0 saturated heterocycles. The van der Waals surface area contributed by atoms with Crippen LogP contribution in [0.15, 0.2) is 94.9 Å². The number of halogens is 1. The number of rotatable bonds is 8. The van der Waals surface area contributed by atoms with Crippen LogP contribution < -0.4 is 9.73 Å². The third kappa shape index (κ3) is 5.76. The summed E-state index contributed by atoms with van der Waals surface area (Å²) in [6.07, 6.45) is 1.55. The molecule has 1 heterocycles. The number of nitrogens with one attached hydrogen (secondary N) is 1. The summed E-state index contributed by atoms with van der Waals surface area (Å²) in [5.74, 6) is -0.608. The number of hydrazone groups is 1. The van der Waals surface area contributed by atoms with E-state index in [4.69, 9.17) is 11.6 Å². The Bertz CT molecular complexity index is 1560. The molecule has 190 valence electrons. The SMILES string of the molecule is Cc1cccc(-n2c(C)cc(/C=N\NC(=O)CN(c3ccccc3Cl)S(=O)(=O)c3ccccc3)c2C)c1. The molecule has 0 fully saturated rings. The maximum absolute atomic E-state index is 13.4. The summed E-state index contributed by atoms with van der Waals surface area (Å²) >= 11 is 6.31. The lowest BCUT2D eigenvalue weighted by Crippen LogP contribution is -2.39. The fourth-order valence-electron chi connectivity index (χ4n) is 4.10. The molecule has 4 rings (SSSR count). The molecule has 1 amide bonds. The van der Waals surface area contributed by atoms with Gasteiger partial charge in [0.2, 0.25) is 0 Å². The van der Waals surface area contributed by atoms with Crippen molar-refractivity contribution >= 4 is 39.4 Å². The minimum Gasteiger partial charge on any atom is -0.318 e. The first kappa shape index (κ1) is 26.2. The van der Waals surface area contributed by atoms with Crippen molar-refractivity contribution in [3.8, 4) is 5.69 Å². The summed E-state index contributed by atoms with van der Waals surface area (Å²) in [7, 11) is -4.06. The lowest BCUT2D eigenvalue weighted by atomic mass is 10.2. The van der Waals surface area contributed by atoms with Gasteiger partial charge in [-0.2, -0.15) is 5.10 Å². The maximum Gasteiger partial charge on any atom is 0.264 e. The maximum atomic E-state index is 13.4. The highest BCUT2D eigenvalue weighted by Gasteiger charge is 2.28. The van der Waals surface area contributed by atoms with Crippen molar-refractivity contribution in [1.29, 1.82) is 0 Å². The Kier molecular flexibility index (Phi) is 7.80. The Hall–Kier alpha value is -3.88. The van der Waals surface area contributed by atoms with Crippen LogP contribution >= 0.6 is 11.6 Å². The van der Waals surface area contributed by atoms with Crippen LogP contribution in [0.5, 0.6) is 0 Å². The lowest BCUT2D eigenvalue weighted by molar-refractivity contribution is -0.119. The molecule has 1 aromatic heterocycles. The molecule has 0 aliphatic heterocycles. The molecule has 7 nitrogen and oxygen atoms in total. The van der Waals surface area contributed by atoms with Gasteiger partial charge in [-0.05, 0) is 68.8 Å². The van der Waals surface area contributed by atoms with Gasteiger partial charge in [0, 0.05) is 22.6 Å². The van der Waals surface area contributed by atoms with Gasteiger partial charge >= 0.3 is 0 Å². The van der Waals surface area contributed by atoms with Gasteiger partial charge in [-0.25, -0.2) is 13.8 Å². The molecule has 4 aromatic rings. The fraction of sp³-hybridized carbons (Fsp3) is 0.143. The zero-order valence-electron chi connectivity index (χ0n) is 20.7. The summed E-state index contributed by atoms with van der Waals surface area (Å²) in [5, 5.41) is 4.31. The number of carbonyl (C=O) groups excluding carboxylic acids is 1. The van der Waals surface area contributed by atoms with Gasteiger partial charge in [-0.15, -0.1) is 0 Å². The van der Waals surface area contributed by atoms with Crippen molar-refractivity contribution in [3.63, 3.8) is 0 Å². The molecule has 9 heteroatoms. The van der Waals surface area contributed by atoms with Gasteiger partial charge in [-0.1, -0.05) is 54.1 Å². The number of anilines is 1. The van der Waals surface area contributed by atoms with E-state index in [0.29, 0.717) is 0 Å². The summed E-state index contributed by atoms with van der Waals surface area (Å²) < 4.78 is 29.9. The summed E-state index contributed by atoms with van der Waals surface area (Å²) in [6, 6.07) is 24.5. The molecule has 0 atom stereocenters. The molecule has 0 bridgehead atoms. The van der Waals surface area contributed by atoms with E-state index in [1.807, 2.05) is 45.0 Å². The third-order valence-corrected chi connectivity index (χ3v) is 7.96. The molecule has 1 N–H and O–H groups in total. The zero-order valence-corrected chi connectivity index (χ0v) is 22.3. The quantitative estimate of drug-likeness (QED) is 0.242. The number of para-hydroxylation sites is 1. The summed E-state index contributed by atoms with van der Waals surface area (Å²) in [5.41, 5.74) is 7.67. The van der Waals surface area contributed by atoms with E-state index in [9.17, 15) is 13.2 Å². The standard InChI is InChI=1S/C28H27ClN4O3S/c1-20-10-9-11-24(16-20)33-21(2)17-23(22(33)3)18-30-31-28(34)19-32(27-15-8-7-14-26(27)29)37(35,36)25-12-5-4-6-13-25/h4-18H,19H2,1-3H3,(H,31,34)/b30-18-. The highest BCUT2D eigenvalue weighted by atomic mass is 35.5. The average molecular weight is 535 g/mol. The predicted octanol–water partition coefficient (Wildman–Crippen LogP) is 5.40. The molecular formula is C28H27ClN4O3S. The Morgan fingerprint density at radius 2 is 1.68 bits per heavy atom. The second kappa shape index (κ2) is 11.0. The number of sulfonamides is 1. The number of amides is 1. The molecule has 3 aromatic carbocycles. The van der Waals surface area contributed by atoms with Gasteiger partial charge < -0.3 is 4.57 Å². The topological polar surface area (TPSA) is 83.8 Å².